The maximum atomic E-state index is 5.51. The zero-order valence-electron chi connectivity index (χ0n) is 13.8. The van der Waals surface area contributed by atoms with E-state index in [4.69, 9.17) is 9.47 Å². The Hall–Kier alpha value is -1.84. The monoisotopic (exact) mass is 309 g/mol. The third kappa shape index (κ3) is 2.87. The van der Waals surface area contributed by atoms with Gasteiger partial charge in [0, 0.05) is 18.8 Å². The number of methoxy groups -OCH3 is 1. The highest BCUT2D eigenvalue weighted by atomic mass is 16.5. The van der Waals surface area contributed by atoms with Gasteiger partial charge in [0.2, 0.25) is 0 Å². The summed E-state index contributed by atoms with van der Waals surface area (Å²) in [5.74, 6) is 0. The average Bonchev–Trinajstić information content (AvgIpc) is 3.19. The summed E-state index contributed by atoms with van der Waals surface area (Å²) in [7, 11) is 1.80. The van der Waals surface area contributed by atoms with Crippen molar-refractivity contribution in [2.24, 2.45) is 0 Å². The van der Waals surface area contributed by atoms with E-state index < -0.39 is 0 Å². The van der Waals surface area contributed by atoms with Crippen LogP contribution in [0.15, 0.2) is 36.4 Å². The molecule has 1 aliphatic heterocycles. The first kappa shape index (κ1) is 14.7. The van der Waals surface area contributed by atoms with Crippen LogP contribution in [0.5, 0.6) is 0 Å². The predicted octanol–water partition coefficient (Wildman–Crippen LogP) is 4.00. The van der Waals surface area contributed by atoms with Crippen LogP contribution in [-0.2, 0) is 35.5 Å². The van der Waals surface area contributed by atoms with Crippen LogP contribution in [0.2, 0.25) is 0 Å². The summed E-state index contributed by atoms with van der Waals surface area (Å²) >= 11 is 0. The average molecular weight is 309 g/mol. The zero-order valence-corrected chi connectivity index (χ0v) is 13.8. The quantitative estimate of drug-likeness (QED) is 0.926. The maximum absolute atomic E-state index is 5.51. The van der Waals surface area contributed by atoms with E-state index in [0.29, 0.717) is 6.10 Å². The van der Waals surface area contributed by atoms with Gasteiger partial charge in [-0.05, 0) is 59.7 Å². The highest BCUT2D eigenvalue weighted by Gasteiger charge is 2.21. The van der Waals surface area contributed by atoms with Gasteiger partial charge in [-0.15, -0.1) is 0 Å². The fourth-order valence-corrected chi connectivity index (χ4v) is 3.63. The van der Waals surface area contributed by atoms with E-state index >= 15 is 0 Å². The number of nitrogens with one attached hydrogen (secondary N) is 1. The van der Waals surface area contributed by atoms with Crippen molar-refractivity contribution in [3.8, 4) is 0 Å². The molecule has 120 valence electrons. The molecule has 0 radical (unpaired) electrons. The number of benzene rings is 2. The molecule has 4 rings (SSSR count). The summed E-state index contributed by atoms with van der Waals surface area (Å²) in [6.07, 6.45) is 2.40. The Labute approximate surface area is 137 Å². The third-order valence-corrected chi connectivity index (χ3v) is 5.06. The molecule has 0 fully saturated rings. The molecule has 2 aliphatic rings. The first-order chi connectivity index (χ1) is 11.2. The van der Waals surface area contributed by atoms with Crippen molar-refractivity contribution >= 4 is 5.69 Å². The molecule has 0 spiro atoms. The van der Waals surface area contributed by atoms with E-state index in [2.05, 4.69) is 48.6 Å². The van der Waals surface area contributed by atoms with Crippen molar-refractivity contribution < 1.29 is 9.47 Å². The maximum Gasteiger partial charge on any atom is 0.0725 e. The first-order valence-corrected chi connectivity index (χ1v) is 8.33. The Morgan fingerprint density at radius 1 is 1.00 bits per heavy atom. The summed E-state index contributed by atoms with van der Waals surface area (Å²) in [4.78, 5) is 0. The van der Waals surface area contributed by atoms with Gasteiger partial charge in [-0.25, -0.2) is 0 Å². The van der Waals surface area contributed by atoms with Crippen molar-refractivity contribution in [1.29, 1.82) is 0 Å². The molecule has 2 aromatic carbocycles. The molecule has 0 bridgehead atoms. The minimum atomic E-state index is 0.276. The van der Waals surface area contributed by atoms with Crippen molar-refractivity contribution in [3.63, 3.8) is 0 Å². The van der Waals surface area contributed by atoms with Crippen LogP contribution >= 0.6 is 0 Å². The standard InChI is InChI=1S/C20H23NO2/c1-13(14-3-4-16-11-23-12-18(16)7-14)21-19-6-5-15-9-20(22-2)10-17(15)8-19/h3-8,13,20-21H,9-12H2,1-2H3. The Bertz CT molecular complexity index is 726. The van der Waals surface area contributed by atoms with Gasteiger partial charge in [0.25, 0.3) is 0 Å². The predicted molar refractivity (Wildman–Crippen MR) is 91.6 cm³/mol. The molecular weight excluding hydrogens is 286 g/mol. The minimum absolute atomic E-state index is 0.276. The van der Waals surface area contributed by atoms with Crippen molar-refractivity contribution in [2.75, 3.05) is 12.4 Å². The van der Waals surface area contributed by atoms with Gasteiger partial charge < -0.3 is 14.8 Å². The fraction of sp³-hybridized carbons (Fsp3) is 0.400. The van der Waals surface area contributed by atoms with Crippen LogP contribution in [0.4, 0.5) is 5.69 Å². The van der Waals surface area contributed by atoms with Gasteiger partial charge in [0.05, 0.1) is 19.3 Å². The second-order valence-corrected chi connectivity index (χ2v) is 6.64. The van der Waals surface area contributed by atoms with Gasteiger partial charge in [-0.1, -0.05) is 24.3 Å². The second kappa shape index (κ2) is 5.99. The lowest BCUT2D eigenvalue weighted by Gasteiger charge is -2.17. The molecule has 0 aromatic heterocycles. The van der Waals surface area contributed by atoms with Crippen LogP contribution < -0.4 is 5.32 Å². The van der Waals surface area contributed by atoms with Gasteiger partial charge in [0.15, 0.2) is 0 Å². The molecule has 1 N–H and O–H groups in total. The lowest BCUT2D eigenvalue weighted by atomic mass is 10.0. The number of hydrogen-bond acceptors (Lipinski definition) is 3. The highest BCUT2D eigenvalue weighted by molar-refractivity contribution is 5.52. The van der Waals surface area contributed by atoms with E-state index in [1.54, 1.807) is 7.11 Å². The van der Waals surface area contributed by atoms with Crippen molar-refractivity contribution in [2.45, 2.75) is 45.1 Å². The zero-order chi connectivity index (χ0) is 15.8. The van der Waals surface area contributed by atoms with Gasteiger partial charge in [-0.2, -0.15) is 0 Å². The molecule has 2 aromatic rings. The van der Waals surface area contributed by atoms with Gasteiger partial charge >= 0.3 is 0 Å². The molecule has 23 heavy (non-hydrogen) atoms. The molecule has 2 atom stereocenters. The van der Waals surface area contributed by atoms with E-state index in [0.717, 1.165) is 26.1 Å². The van der Waals surface area contributed by atoms with Crippen LogP contribution in [0.25, 0.3) is 0 Å². The lowest BCUT2D eigenvalue weighted by Crippen LogP contribution is -2.09. The van der Waals surface area contributed by atoms with E-state index in [-0.39, 0.29) is 6.04 Å². The van der Waals surface area contributed by atoms with Gasteiger partial charge in [0.1, 0.15) is 0 Å². The SMILES string of the molecule is COC1Cc2ccc(NC(C)c3ccc4c(c3)COC4)cc2C1. The van der Waals surface area contributed by atoms with Crippen molar-refractivity contribution in [1.82, 2.24) is 0 Å². The molecule has 1 heterocycles. The molecule has 1 aliphatic carbocycles. The molecule has 3 nitrogen and oxygen atoms in total. The lowest BCUT2D eigenvalue weighted by molar-refractivity contribution is 0.112. The number of hydrogen-bond donors (Lipinski definition) is 1. The van der Waals surface area contributed by atoms with Crippen LogP contribution in [0.3, 0.4) is 0 Å². The van der Waals surface area contributed by atoms with Crippen LogP contribution in [0, 0.1) is 0 Å². The normalized spacial score (nSPS) is 20.2. The molecule has 0 amide bonds. The molecule has 3 heteroatoms. The Morgan fingerprint density at radius 3 is 2.65 bits per heavy atom. The molecule has 2 unspecified atom stereocenters. The van der Waals surface area contributed by atoms with E-state index in [1.807, 2.05) is 0 Å². The Balaban J connectivity index is 1.50. The smallest absolute Gasteiger partial charge is 0.0725 e. The van der Waals surface area contributed by atoms with E-state index in [9.17, 15) is 0 Å². The molecule has 0 saturated heterocycles. The van der Waals surface area contributed by atoms with Crippen molar-refractivity contribution in [3.05, 3.63) is 64.2 Å². The number of ether oxygens (including phenoxy) is 2. The second-order valence-electron chi connectivity index (χ2n) is 6.64. The fourth-order valence-electron chi connectivity index (χ4n) is 3.63. The number of anilines is 1. The summed E-state index contributed by atoms with van der Waals surface area (Å²) in [5.41, 5.74) is 7.98. The van der Waals surface area contributed by atoms with Crippen LogP contribution in [0.1, 0.15) is 40.8 Å². The number of rotatable bonds is 4. The topological polar surface area (TPSA) is 30.5 Å². The Kier molecular flexibility index (Phi) is 3.83. The summed E-state index contributed by atoms with van der Waals surface area (Å²) in [5, 5.41) is 3.63. The minimum Gasteiger partial charge on any atom is -0.381 e. The molecule has 0 saturated carbocycles. The summed E-state index contributed by atoms with van der Waals surface area (Å²) in [6, 6.07) is 13.7. The number of fused-ring (bicyclic) bond motifs is 2. The molecular formula is C20H23NO2. The summed E-state index contributed by atoms with van der Waals surface area (Å²) < 4.78 is 11.0. The largest absolute Gasteiger partial charge is 0.381 e. The van der Waals surface area contributed by atoms with Crippen LogP contribution in [-0.4, -0.2) is 13.2 Å². The highest BCUT2D eigenvalue weighted by Crippen LogP contribution is 2.29. The first-order valence-electron chi connectivity index (χ1n) is 8.33. The summed E-state index contributed by atoms with van der Waals surface area (Å²) in [6.45, 7) is 3.71. The van der Waals surface area contributed by atoms with Gasteiger partial charge in [-0.3, -0.25) is 0 Å². The third-order valence-electron chi connectivity index (χ3n) is 5.06. The Morgan fingerprint density at radius 2 is 1.78 bits per heavy atom. The van der Waals surface area contributed by atoms with E-state index in [1.165, 1.54) is 33.5 Å².